The highest BCUT2D eigenvalue weighted by Gasteiger charge is 2.20. The van der Waals surface area contributed by atoms with E-state index in [-0.39, 0.29) is 5.41 Å². The predicted molar refractivity (Wildman–Crippen MR) is 72.5 cm³/mol. The summed E-state index contributed by atoms with van der Waals surface area (Å²) in [6.45, 7) is 8.39. The van der Waals surface area contributed by atoms with Crippen molar-refractivity contribution in [2.45, 2.75) is 33.1 Å². The monoisotopic (exact) mass is 248 g/mol. The predicted octanol–water partition coefficient (Wildman–Crippen LogP) is 2.06. The summed E-state index contributed by atoms with van der Waals surface area (Å²) in [5, 5.41) is 5.12. The van der Waals surface area contributed by atoms with E-state index >= 15 is 0 Å². The van der Waals surface area contributed by atoms with Gasteiger partial charge in [0.2, 0.25) is 0 Å². The summed E-state index contributed by atoms with van der Waals surface area (Å²) in [5.41, 5.74) is 1.59. The van der Waals surface area contributed by atoms with Gasteiger partial charge < -0.3 is 10.6 Å². The summed E-state index contributed by atoms with van der Waals surface area (Å²) in [7, 11) is 0. The van der Waals surface area contributed by atoms with Gasteiger partial charge >= 0.3 is 11.8 Å². The molecule has 2 amide bonds. The molecular formula is C14H20N2O2. The van der Waals surface area contributed by atoms with Crippen molar-refractivity contribution in [3.63, 3.8) is 0 Å². The average Bonchev–Trinajstić information content (AvgIpc) is 2.28. The summed E-state index contributed by atoms with van der Waals surface area (Å²) in [6, 6.07) is 7.51. The zero-order valence-electron chi connectivity index (χ0n) is 11.3. The topological polar surface area (TPSA) is 58.2 Å². The van der Waals surface area contributed by atoms with E-state index in [1.54, 1.807) is 13.0 Å². The van der Waals surface area contributed by atoms with Crippen LogP contribution >= 0.6 is 0 Å². The highest BCUT2D eigenvalue weighted by molar-refractivity contribution is 6.39. The Morgan fingerprint density at radius 3 is 2.28 bits per heavy atom. The molecule has 0 aromatic heterocycles. The molecular weight excluding hydrogens is 228 g/mol. The first-order valence-corrected chi connectivity index (χ1v) is 6.05. The fourth-order valence-electron chi connectivity index (χ4n) is 1.67. The Morgan fingerprint density at radius 1 is 1.11 bits per heavy atom. The van der Waals surface area contributed by atoms with Crippen molar-refractivity contribution in [3.05, 3.63) is 29.8 Å². The molecule has 0 bridgehead atoms. The number of amides is 2. The van der Waals surface area contributed by atoms with Crippen LogP contribution in [0.4, 0.5) is 5.69 Å². The van der Waals surface area contributed by atoms with Crippen LogP contribution in [0.5, 0.6) is 0 Å². The normalized spacial score (nSPS) is 10.9. The van der Waals surface area contributed by atoms with E-state index in [1.807, 2.05) is 18.2 Å². The number of benzene rings is 1. The van der Waals surface area contributed by atoms with Crippen LogP contribution < -0.4 is 10.6 Å². The van der Waals surface area contributed by atoms with E-state index in [9.17, 15) is 9.59 Å². The van der Waals surface area contributed by atoms with Crippen LogP contribution in [0.3, 0.4) is 0 Å². The molecule has 0 aliphatic heterocycles. The van der Waals surface area contributed by atoms with Gasteiger partial charge in [0.25, 0.3) is 0 Å². The molecule has 0 heterocycles. The summed E-state index contributed by atoms with van der Waals surface area (Å²) >= 11 is 0. The second kappa shape index (κ2) is 5.67. The lowest BCUT2D eigenvalue weighted by atomic mass is 9.86. The van der Waals surface area contributed by atoms with Gasteiger partial charge in [0.15, 0.2) is 0 Å². The molecule has 0 saturated carbocycles. The number of carbonyl (C=O) groups excluding carboxylic acids is 2. The number of carbonyl (C=O) groups is 2. The van der Waals surface area contributed by atoms with Crippen LogP contribution in [-0.2, 0) is 15.0 Å². The van der Waals surface area contributed by atoms with Gasteiger partial charge in [-0.1, -0.05) is 39.0 Å². The smallest absolute Gasteiger partial charge is 0.313 e. The summed E-state index contributed by atoms with van der Waals surface area (Å²) in [5.74, 6) is -1.24. The minimum Gasteiger partial charge on any atom is -0.348 e. The highest BCUT2D eigenvalue weighted by Crippen LogP contribution is 2.29. The highest BCUT2D eigenvalue weighted by atomic mass is 16.2. The largest absolute Gasteiger partial charge is 0.348 e. The van der Waals surface area contributed by atoms with E-state index in [2.05, 4.69) is 31.4 Å². The summed E-state index contributed by atoms with van der Waals surface area (Å²) < 4.78 is 0. The summed E-state index contributed by atoms with van der Waals surface area (Å²) in [4.78, 5) is 23.0. The summed E-state index contributed by atoms with van der Waals surface area (Å²) in [6.07, 6.45) is 0. The van der Waals surface area contributed by atoms with Crippen LogP contribution in [0.1, 0.15) is 33.3 Å². The standard InChI is InChI=1S/C14H20N2O2/c1-5-15-12(17)13(18)16-11-9-7-6-8-10(11)14(2,3)4/h6-9H,5H2,1-4H3,(H,15,17)(H,16,18). The molecule has 0 spiro atoms. The first-order chi connectivity index (χ1) is 8.36. The zero-order valence-corrected chi connectivity index (χ0v) is 11.3. The Labute approximate surface area is 108 Å². The average molecular weight is 248 g/mol. The molecule has 18 heavy (non-hydrogen) atoms. The van der Waals surface area contributed by atoms with E-state index in [1.165, 1.54) is 0 Å². The van der Waals surface area contributed by atoms with Crippen molar-refractivity contribution >= 4 is 17.5 Å². The maximum absolute atomic E-state index is 11.7. The van der Waals surface area contributed by atoms with E-state index < -0.39 is 11.8 Å². The van der Waals surface area contributed by atoms with Crippen molar-refractivity contribution in [2.24, 2.45) is 0 Å². The van der Waals surface area contributed by atoms with Gasteiger partial charge in [-0.05, 0) is 24.0 Å². The molecule has 0 saturated heterocycles. The first-order valence-electron chi connectivity index (χ1n) is 6.05. The Morgan fingerprint density at radius 2 is 1.72 bits per heavy atom. The third-order valence-electron chi connectivity index (χ3n) is 2.53. The van der Waals surface area contributed by atoms with Crippen molar-refractivity contribution in [1.82, 2.24) is 5.32 Å². The molecule has 98 valence electrons. The van der Waals surface area contributed by atoms with Gasteiger partial charge in [-0.3, -0.25) is 9.59 Å². The maximum atomic E-state index is 11.7. The van der Waals surface area contributed by atoms with Gasteiger partial charge in [-0.2, -0.15) is 0 Å². The molecule has 2 N–H and O–H groups in total. The molecule has 0 unspecified atom stereocenters. The lowest BCUT2D eigenvalue weighted by molar-refractivity contribution is -0.136. The molecule has 0 radical (unpaired) electrons. The maximum Gasteiger partial charge on any atom is 0.313 e. The molecule has 1 aromatic rings. The van der Waals surface area contributed by atoms with Gasteiger partial charge in [-0.25, -0.2) is 0 Å². The number of rotatable bonds is 2. The molecule has 0 aliphatic rings. The molecule has 1 aromatic carbocycles. The Balaban J connectivity index is 2.92. The number of hydrogen-bond acceptors (Lipinski definition) is 2. The zero-order chi connectivity index (χ0) is 13.8. The van der Waals surface area contributed by atoms with Gasteiger partial charge in [0, 0.05) is 12.2 Å². The third-order valence-corrected chi connectivity index (χ3v) is 2.53. The molecule has 0 atom stereocenters. The fourth-order valence-corrected chi connectivity index (χ4v) is 1.67. The number of hydrogen-bond donors (Lipinski definition) is 2. The molecule has 4 nitrogen and oxygen atoms in total. The molecule has 4 heteroatoms. The molecule has 1 rings (SSSR count). The lowest BCUT2D eigenvalue weighted by Gasteiger charge is -2.22. The van der Waals surface area contributed by atoms with Crippen LogP contribution in [0.15, 0.2) is 24.3 Å². The fraction of sp³-hybridized carbons (Fsp3) is 0.429. The van der Waals surface area contributed by atoms with Gasteiger partial charge in [0.05, 0.1) is 0 Å². The third kappa shape index (κ3) is 3.58. The molecule has 0 fully saturated rings. The van der Waals surface area contributed by atoms with Crippen LogP contribution in [-0.4, -0.2) is 18.4 Å². The number of para-hydroxylation sites is 1. The second-order valence-corrected chi connectivity index (χ2v) is 5.11. The number of likely N-dealkylation sites (N-methyl/N-ethyl adjacent to an activating group) is 1. The quantitative estimate of drug-likeness (QED) is 0.787. The SMILES string of the molecule is CCNC(=O)C(=O)Nc1ccccc1C(C)(C)C. The van der Waals surface area contributed by atoms with E-state index in [0.717, 1.165) is 5.56 Å². The van der Waals surface area contributed by atoms with Crippen molar-refractivity contribution in [2.75, 3.05) is 11.9 Å². The minimum absolute atomic E-state index is 0.0922. The Kier molecular flexibility index (Phi) is 4.48. The Bertz CT molecular complexity index is 447. The number of nitrogens with one attached hydrogen (secondary N) is 2. The van der Waals surface area contributed by atoms with Gasteiger partial charge in [-0.15, -0.1) is 0 Å². The van der Waals surface area contributed by atoms with E-state index in [0.29, 0.717) is 12.2 Å². The minimum atomic E-state index is -0.631. The lowest BCUT2D eigenvalue weighted by Crippen LogP contribution is -2.35. The van der Waals surface area contributed by atoms with Crippen molar-refractivity contribution in [3.8, 4) is 0 Å². The van der Waals surface area contributed by atoms with Crippen molar-refractivity contribution < 1.29 is 9.59 Å². The molecule has 0 aliphatic carbocycles. The van der Waals surface area contributed by atoms with Crippen LogP contribution in [0.2, 0.25) is 0 Å². The second-order valence-electron chi connectivity index (χ2n) is 5.11. The van der Waals surface area contributed by atoms with E-state index in [4.69, 9.17) is 0 Å². The van der Waals surface area contributed by atoms with Crippen LogP contribution in [0.25, 0.3) is 0 Å². The first kappa shape index (κ1) is 14.2. The van der Waals surface area contributed by atoms with Crippen molar-refractivity contribution in [1.29, 1.82) is 0 Å². The van der Waals surface area contributed by atoms with Crippen LogP contribution in [0, 0.1) is 0 Å². The Hall–Kier alpha value is -1.84. The van der Waals surface area contributed by atoms with Gasteiger partial charge in [0.1, 0.15) is 0 Å². The number of anilines is 1.